The Bertz CT molecular complexity index is 1070. The Kier molecular flexibility index (Phi) is 4.85. The van der Waals surface area contributed by atoms with Crippen molar-refractivity contribution >= 4 is 5.91 Å². The second-order valence-electron chi connectivity index (χ2n) is 9.29. The van der Waals surface area contributed by atoms with E-state index < -0.39 is 0 Å². The lowest BCUT2D eigenvalue weighted by Gasteiger charge is -2.54. The molecule has 0 saturated heterocycles. The Morgan fingerprint density at radius 1 is 1.33 bits per heavy atom. The highest BCUT2D eigenvalue weighted by Gasteiger charge is 2.53. The molecule has 1 unspecified atom stereocenters. The minimum Gasteiger partial charge on any atom is -0.496 e. The van der Waals surface area contributed by atoms with Gasteiger partial charge in [0.25, 0.3) is 5.91 Å². The Labute approximate surface area is 178 Å². The lowest BCUT2D eigenvalue weighted by atomic mass is 9.50. The summed E-state index contributed by atoms with van der Waals surface area (Å²) in [5.74, 6) is 4.10. The fraction of sp³-hybridized carbons (Fsp3) is 0.480. The number of hydrogen-bond donors (Lipinski definition) is 1. The molecule has 2 aromatic rings. The van der Waals surface area contributed by atoms with E-state index in [4.69, 9.17) is 16.1 Å². The summed E-state index contributed by atoms with van der Waals surface area (Å²) in [7, 11) is 1.61. The van der Waals surface area contributed by atoms with E-state index in [0.717, 1.165) is 25.1 Å². The Hall–Kier alpha value is -2.87. The number of aryl methyl sites for hydroxylation is 2. The summed E-state index contributed by atoms with van der Waals surface area (Å²) in [6, 6.07) is 4.07. The van der Waals surface area contributed by atoms with Crippen LogP contribution in [-0.2, 0) is 23.7 Å². The number of nitrogens with one attached hydrogen (secondary N) is 1. The molecule has 2 aliphatic carbocycles. The lowest BCUT2D eigenvalue weighted by molar-refractivity contribution is 0.0954. The van der Waals surface area contributed by atoms with Gasteiger partial charge in [0.2, 0.25) is 0 Å². The Balaban J connectivity index is 1.84. The summed E-state index contributed by atoms with van der Waals surface area (Å²) in [5, 5.41) is 2.76. The molecule has 0 spiro atoms. The third-order valence-corrected chi connectivity index (χ3v) is 7.13. The molecule has 0 saturated carbocycles. The highest BCUT2D eigenvalue weighted by Crippen LogP contribution is 2.56. The van der Waals surface area contributed by atoms with Gasteiger partial charge in [-0.25, -0.2) is 9.97 Å². The van der Waals surface area contributed by atoms with E-state index >= 15 is 0 Å². The molecule has 1 N–H and O–H groups in total. The molecule has 4 rings (SSSR count). The quantitative estimate of drug-likeness (QED) is 0.797. The predicted octanol–water partition coefficient (Wildman–Crippen LogP) is 3.51. The maximum Gasteiger partial charge on any atom is 0.255 e. The second-order valence-corrected chi connectivity index (χ2v) is 9.29. The Morgan fingerprint density at radius 2 is 2.10 bits per heavy atom. The van der Waals surface area contributed by atoms with Gasteiger partial charge in [-0.15, -0.1) is 6.42 Å². The van der Waals surface area contributed by atoms with E-state index in [2.05, 4.69) is 43.1 Å². The van der Waals surface area contributed by atoms with Gasteiger partial charge in [0.1, 0.15) is 11.6 Å². The average Bonchev–Trinajstić information content (AvgIpc) is 2.71. The predicted molar refractivity (Wildman–Crippen MR) is 117 cm³/mol. The number of amides is 1. The first-order valence-corrected chi connectivity index (χ1v) is 10.5. The third kappa shape index (κ3) is 2.98. The summed E-state index contributed by atoms with van der Waals surface area (Å²) in [5.41, 5.74) is 5.28. The Morgan fingerprint density at radius 3 is 2.80 bits per heavy atom. The molecular formula is C25H29N3O2. The van der Waals surface area contributed by atoms with Gasteiger partial charge >= 0.3 is 0 Å². The molecule has 1 aromatic carbocycles. The number of methoxy groups -OCH3 is 1. The van der Waals surface area contributed by atoms with Crippen LogP contribution in [0.15, 0.2) is 18.3 Å². The van der Waals surface area contributed by atoms with Crippen LogP contribution in [0.25, 0.3) is 0 Å². The van der Waals surface area contributed by atoms with Crippen molar-refractivity contribution < 1.29 is 9.53 Å². The van der Waals surface area contributed by atoms with E-state index in [1.807, 2.05) is 19.2 Å². The number of aromatic nitrogens is 2. The number of terminal acetylenes is 1. The number of nitrogens with zero attached hydrogens (tertiary/aromatic N) is 2. The zero-order valence-corrected chi connectivity index (χ0v) is 18.4. The monoisotopic (exact) mass is 403 g/mol. The fourth-order valence-electron chi connectivity index (χ4n) is 5.86. The molecule has 0 aliphatic heterocycles. The van der Waals surface area contributed by atoms with Crippen LogP contribution in [-0.4, -0.2) is 29.5 Å². The molecule has 5 nitrogen and oxygen atoms in total. The number of carbonyl (C=O) groups is 1. The molecule has 0 bridgehead atoms. The van der Waals surface area contributed by atoms with Crippen LogP contribution < -0.4 is 10.1 Å². The topological polar surface area (TPSA) is 64.1 Å². The van der Waals surface area contributed by atoms with Crippen LogP contribution in [0.4, 0.5) is 0 Å². The molecule has 0 fully saturated rings. The molecule has 2 aliphatic rings. The smallest absolute Gasteiger partial charge is 0.255 e. The highest BCUT2D eigenvalue weighted by atomic mass is 16.5. The van der Waals surface area contributed by atoms with Gasteiger partial charge in [0.05, 0.1) is 24.9 Å². The summed E-state index contributed by atoms with van der Waals surface area (Å²) in [6.45, 7) is 9.12. The average molecular weight is 404 g/mol. The van der Waals surface area contributed by atoms with Crippen molar-refractivity contribution in [1.82, 2.24) is 15.3 Å². The largest absolute Gasteiger partial charge is 0.496 e. The SMILES string of the molecule is C#CCNC(=O)c1cc2c(cc1OC)[C@@]1(C)Cc3cnc(C)nc3C(C)(C)C1CC2. The molecule has 1 aromatic heterocycles. The first-order chi connectivity index (χ1) is 14.2. The van der Waals surface area contributed by atoms with Crippen molar-refractivity contribution in [3.05, 3.63) is 52.1 Å². The molecule has 1 heterocycles. The molecule has 1 amide bonds. The molecule has 156 valence electrons. The number of rotatable bonds is 3. The van der Waals surface area contributed by atoms with Crippen molar-refractivity contribution in [3.8, 4) is 18.1 Å². The highest BCUT2D eigenvalue weighted by molar-refractivity contribution is 5.97. The fourth-order valence-corrected chi connectivity index (χ4v) is 5.86. The summed E-state index contributed by atoms with van der Waals surface area (Å²) in [6.07, 6.45) is 10.2. The number of hydrogen-bond acceptors (Lipinski definition) is 4. The van der Waals surface area contributed by atoms with Gasteiger partial charge in [0, 0.05) is 17.0 Å². The maximum absolute atomic E-state index is 12.6. The lowest BCUT2D eigenvalue weighted by Crippen LogP contribution is -2.52. The van der Waals surface area contributed by atoms with E-state index in [1.165, 1.54) is 22.4 Å². The molecule has 0 radical (unpaired) electrons. The van der Waals surface area contributed by atoms with E-state index in [1.54, 1.807) is 7.11 Å². The zero-order chi connectivity index (χ0) is 21.7. The van der Waals surface area contributed by atoms with Crippen LogP contribution in [0, 0.1) is 25.2 Å². The van der Waals surface area contributed by atoms with Crippen molar-refractivity contribution in [2.75, 3.05) is 13.7 Å². The van der Waals surface area contributed by atoms with Gasteiger partial charge in [0.15, 0.2) is 0 Å². The molecule has 30 heavy (non-hydrogen) atoms. The van der Waals surface area contributed by atoms with E-state index in [9.17, 15) is 4.79 Å². The second kappa shape index (κ2) is 7.12. The van der Waals surface area contributed by atoms with Crippen LogP contribution in [0.2, 0.25) is 0 Å². The van der Waals surface area contributed by atoms with Gasteiger partial charge in [-0.1, -0.05) is 26.7 Å². The molecule has 5 heteroatoms. The standard InChI is InChI=1S/C25H29N3O2/c1-7-10-26-23(29)18-11-16-8-9-21-24(3,4)22-17(14-27-15(2)28-22)13-25(21,5)19(16)12-20(18)30-6/h1,11-12,14,21H,8-10,13H2,2-6H3,(H,26,29)/t21?,25-/m1/s1. The van der Waals surface area contributed by atoms with Crippen LogP contribution in [0.1, 0.15) is 65.8 Å². The van der Waals surface area contributed by atoms with Crippen LogP contribution in [0.5, 0.6) is 5.75 Å². The number of fused-ring (bicyclic) bond motifs is 4. The summed E-state index contributed by atoms with van der Waals surface area (Å²) < 4.78 is 5.64. The van der Waals surface area contributed by atoms with Crippen LogP contribution >= 0.6 is 0 Å². The first-order valence-electron chi connectivity index (χ1n) is 10.5. The number of benzene rings is 1. The van der Waals surface area contributed by atoms with Gasteiger partial charge < -0.3 is 10.1 Å². The third-order valence-electron chi connectivity index (χ3n) is 7.13. The number of ether oxygens (including phenoxy) is 1. The van der Waals surface area contributed by atoms with Gasteiger partial charge in [-0.05, 0) is 60.9 Å². The molecular weight excluding hydrogens is 374 g/mol. The van der Waals surface area contributed by atoms with Crippen molar-refractivity contribution in [2.45, 2.75) is 57.8 Å². The van der Waals surface area contributed by atoms with Gasteiger partial charge in [-0.2, -0.15) is 0 Å². The minimum atomic E-state index is -0.196. The van der Waals surface area contributed by atoms with Crippen molar-refractivity contribution in [3.63, 3.8) is 0 Å². The number of carbonyl (C=O) groups excluding carboxylic acids is 1. The minimum absolute atomic E-state index is 0.0657. The first kappa shape index (κ1) is 20.4. The molecule has 2 atom stereocenters. The zero-order valence-electron chi connectivity index (χ0n) is 18.4. The van der Waals surface area contributed by atoms with Crippen molar-refractivity contribution in [2.24, 2.45) is 5.92 Å². The van der Waals surface area contributed by atoms with Crippen molar-refractivity contribution in [1.29, 1.82) is 0 Å². The maximum atomic E-state index is 12.6. The van der Waals surface area contributed by atoms with Crippen LogP contribution in [0.3, 0.4) is 0 Å². The van der Waals surface area contributed by atoms with Gasteiger partial charge in [-0.3, -0.25) is 4.79 Å². The normalized spacial score (nSPS) is 23.4. The summed E-state index contributed by atoms with van der Waals surface area (Å²) in [4.78, 5) is 21.9. The summed E-state index contributed by atoms with van der Waals surface area (Å²) >= 11 is 0. The van der Waals surface area contributed by atoms with E-state index in [0.29, 0.717) is 17.2 Å². The van der Waals surface area contributed by atoms with E-state index in [-0.39, 0.29) is 23.3 Å².